The van der Waals surface area contributed by atoms with Crippen molar-refractivity contribution in [3.05, 3.63) is 64.1 Å². The van der Waals surface area contributed by atoms with Crippen molar-refractivity contribution >= 4 is 39.1 Å². The molecule has 0 saturated heterocycles. The molecule has 2 atom stereocenters. The molecule has 0 fully saturated rings. The number of halogens is 1. The molecule has 0 radical (unpaired) electrons. The summed E-state index contributed by atoms with van der Waals surface area (Å²) in [5.74, 6) is -0.336. The summed E-state index contributed by atoms with van der Waals surface area (Å²) in [6.45, 7) is 2.39. The topological polar surface area (TPSA) is 68.0 Å². The molecule has 4 nitrogen and oxygen atoms in total. The van der Waals surface area contributed by atoms with Gasteiger partial charge in [-0.3, -0.25) is 4.79 Å². The Hall–Kier alpha value is -1.95. The second-order valence-corrected chi connectivity index (χ2v) is 7.54. The number of hydrogen-bond acceptors (Lipinski definition) is 4. The highest BCUT2D eigenvalue weighted by Crippen LogP contribution is 2.25. The molecule has 130 valence electrons. The standard InChI is InChI=1S/C19H20ClN3OS/c1-12(18(21)13-5-3-2-4-6-13)19(24)22-10-9-17-23-15-11-14(20)7-8-16(15)25-17/h2-8,11-12,18H,9-10,21H2,1H3,(H,22,24). The maximum atomic E-state index is 12.3. The molecule has 0 aliphatic carbocycles. The number of nitrogens with one attached hydrogen (secondary N) is 1. The summed E-state index contributed by atoms with van der Waals surface area (Å²) >= 11 is 7.61. The van der Waals surface area contributed by atoms with Crippen LogP contribution in [0.2, 0.25) is 5.02 Å². The third kappa shape index (κ3) is 4.37. The smallest absolute Gasteiger partial charge is 0.224 e. The predicted molar refractivity (Wildman–Crippen MR) is 104 cm³/mol. The first-order valence-corrected chi connectivity index (χ1v) is 9.37. The highest BCUT2D eigenvalue weighted by molar-refractivity contribution is 7.18. The van der Waals surface area contributed by atoms with Crippen LogP contribution in [0.4, 0.5) is 0 Å². The lowest BCUT2D eigenvalue weighted by Crippen LogP contribution is -2.36. The van der Waals surface area contributed by atoms with Gasteiger partial charge in [-0.15, -0.1) is 11.3 Å². The second kappa shape index (κ2) is 7.95. The lowest BCUT2D eigenvalue weighted by atomic mass is 9.95. The number of aromatic nitrogens is 1. The van der Waals surface area contributed by atoms with Gasteiger partial charge in [0.1, 0.15) is 0 Å². The van der Waals surface area contributed by atoms with Gasteiger partial charge >= 0.3 is 0 Å². The van der Waals surface area contributed by atoms with Gasteiger partial charge in [0.05, 0.1) is 21.1 Å². The van der Waals surface area contributed by atoms with Crippen molar-refractivity contribution in [2.24, 2.45) is 11.7 Å². The number of nitrogens with two attached hydrogens (primary N) is 1. The van der Waals surface area contributed by atoms with E-state index in [-0.39, 0.29) is 17.9 Å². The summed E-state index contributed by atoms with van der Waals surface area (Å²) < 4.78 is 1.10. The monoisotopic (exact) mass is 373 g/mol. The van der Waals surface area contributed by atoms with E-state index in [1.807, 2.05) is 55.5 Å². The maximum absolute atomic E-state index is 12.3. The van der Waals surface area contributed by atoms with Gasteiger partial charge in [0.15, 0.2) is 0 Å². The van der Waals surface area contributed by atoms with Crippen LogP contribution in [0.25, 0.3) is 10.2 Å². The lowest BCUT2D eigenvalue weighted by molar-refractivity contribution is -0.125. The van der Waals surface area contributed by atoms with E-state index in [2.05, 4.69) is 10.3 Å². The Morgan fingerprint density at radius 2 is 2.04 bits per heavy atom. The SMILES string of the molecule is CC(C(=O)NCCc1nc2cc(Cl)ccc2s1)C(N)c1ccccc1. The summed E-state index contributed by atoms with van der Waals surface area (Å²) in [7, 11) is 0. The first-order chi connectivity index (χ1) is 12.0. The van der Waals surface area contributed by atoms with E-state index >= 15 is 0 Å². The Kier molecular flexibility index (Phi) is 5.68. The molecule has 2 unspecified atom stereocenters. The quantitative estimate of drug-likeness (QED) is 0.687. The Labute approximate surface area is 156 Å². The number of thiazole rings is 1. The molecule has 3 rings (SSSR count). The molecular weight excluding hydrogens is 354 g/mol. The number of hydrogen-bond donors (Lipinski definition) is 2. The van der Waals surface area contributed by atoms with Gasteiger partial charge in [-0.25, -0.2) is 4.98 Å². The molecule has 0 spiro atoms. The van der Waals surface area contributed by atoms with Gasteiger partial charge in [0.25, 0.3) is 0 Å². The van der Waals surface area contributed by atoms with E-state index < -0.39 is 0 Å². The number of fused-ring (bicyclic) bond motifs is 1. The van der Waals surface area contributed by atoms with Crippen molar-refractivity contribution in [3.8, 4) is 0 Å². The average molecular weight is 374 g/mol. The van der Waals surface area contributed by atoms with E-state index in [4.69, 9.17) is 17.3 Å². The molecule has 1 amide bonds. The molecular formula is C19H20ClN3OS. The molecule has 25 heavy (non-hydrogen) atoms. The zero-order chi connectivity index (χ0) is 17.8. The minimum absolute atomic E-state index is 0.0412. The molecule has 2 aromatic carbocycles. The molecule has 0 aliphatic heterocycles. The molecule has 1 heterocycles. The molecule has 0 aliphatic rings. The minimum Gasteiger partial charge on any atom is -0.355 e. The average Bonchev–Trinajstić information content (AvgIpc) is 3.02. The fourth-order valence-electron chi connectivity index (χ4n) is 2.64. The highest BCUT2D eigenvalue weighted by atomic mass is 35.5. The Balaban J connectivity index is 1.54. The van der Waals surface area contributed by atoms with E-state index in [9.17, 15) is 4.79 Å². The number of benzene rings is 2. The van der Waals surface area contributed by atoms with Crippen LogP contribution in [0, 0.1) is 5.92 Å². The number of nitrogens with zero attached hydrogens (tertiary/aromatic N) is 1. The van der Waals surface area contributed by atoms with Crippen molar-refractivity contribution < 1.29 is 4.79 Å². The zero-order valence-corrected chi connectivity index (χ0v) is 15.5. The lowest BCUT2D eigenvalue weighted by Gasteiger charge is -2.19. The Bertz CT molecular complexity index is 865. The van der Waals surface area contributed by atoms with Crippen LogP contribution in [0.15, 0.2) is 48.5 Å². The van der Waals surface area contributed by atoms with Crippen LogP contribution in [-0.2, 0) is 11.2 Å². The summed E-state index contributed by atoms with van der Waals surface area (Å²) in [5.41, 5.74) is 8.07. The third-order valence-corrected chi connectivity index (χ3v) is 5.50. The fraction of sp³-hybridized carbons (Fsp3) is 0.263. The zero-order valence-electron chi connectivity index (χ0n) is 13.9. The number of rotatable bonds is 6. The van der Waals surface area contributed by atoms with E-state index in [0.29, 0.717) is 18.0 Å². The molecule has 3 N–H and O–H groups in total. The van der Waals surface area contributed by atoms with Crippen molar-refractivity contribution in [3.63, 3.8) is 0 Å². The largest absolute Gasteiger partial charge is 0.355 e. The summed E-state index contributed by atoms with van der Waals surface area (Å²) in [6, 6.07) is 15.1. The first-order valence-electron chi connectivity index (χ1n) is 8.18. The molecule has 3 aromatic rings. The highest BCUT2D eigenvalue weighted by Gasteiger charge is 2.21. The van der Waals surface area contributed by atoms with Crippen molar-refractivity contribution in [2.45, 2.75) is 19.4 Å². The number of amides is 1. The summed E-state index contributed by atoms with van der Waals surface area (Å²) in [4.78, 5) is 16.9. The van der Waals surface area contributed by atoms with Gasteiger partial charge in [0, 0.05) is 24.0 Å². The molecule has 0 saturated carbocycles. The second-order valence-electron chi connectivity index (χ2n) is 5.99. The third-order valence-electron chi connectivity index (χ3n) is 4.17. The van der Waals surface area contributed by atoms with Crippen LogP contribution < -0.4 is 11.1 Å². The molecule has 6 heteroatoms. The Morgan fingerprint density at radius 1 is 1.28 bits per heavy atom. The van der Waals surface area contributed by atoms with Crippen LogP contribution in [0.3, 0.4) is 0 Å². The van der Waals surface area contributed by atoms with Gasteiger partial charge in [0.2, 0.25) is 5.91 Å². The van der Waals surface area contributed by atoms with Gasteiger partial charge in [-0.1, -0.05) is 48.9 Å². The molecule has 0 bridgehead atoms. The number of carbonyl (C=O) groups excluding carboxylic acids is 1. The fourth-order valence-corrected chi connectivity index (χ4v) is 3.75. The van der Waals surface area contributed by atoms with Crippen LogP contribution in [0.1, 0.15) is 23.5 Å². The van der Waals surface area contributed by atoms with Gasteiger partial charge in [-0.05, 0) is 23.8 Å². The van der Waals surface area contributed by atoms with Crippen molar-refractivity contribution in [1.82, 2.24) is 10.3 Å². The maximum Gasteiger partial charge on any atom is 0.224 e. The minimum atomic E-state index is -0.314. The van der Waals surface area contributed by atoms with E-state index in [0.717, 1.165) is 20.8 Å². The normalized spacial score (nSPS) is 13.6. The summed E-state index contributed by atoms with van der Waals surface area (Å²) in [5, 5.41) is 4.62. The van der Waals surface area contributed by atoms with Crippen molar-refractivity contribution in [1.29, 1.82) is 0 Å². The van der Waals surface area contributed by atoms with E-state index in [1.165, 1.54) is 0 Å². The van der Waals surface area contributed by atoms with Crippen LogP contribution >= 0.6 is 22.9 Å². The predicted octanol–water partition coefficient (Wildman–Crippen LogP) is 3.94. The van der Waals surface area contributed by atoms with Crippen LogP contribution in [0.5, 0.6) is 0 Å². The van der Waals surface area contributed by atoms with E-state index in [1.54, 1.807) is 11.3 Å². The summed E-state index contributed by atoms with van der Waals surface area (Å²) in [6.07, 6.45) is 0.690. The Morgan fingerprint density at radius 3 is 2.80 bits per heavy atom. The first kappa shape index (κ1) is 17.9. The van der Waals surface area contributed by atoms with Gasteiger partial charge in [-0.2, -0.15) is 0 Å². The van der Waals surface area contributed by atoms with Gasteiger partial charge < -0.3 is 11.1 Å². The van der Waals surface area contributed by atoms with Crippen LogP contribution in [-0.4, -0.2) is 17.4 Å². The molecule has 1 aromatic heterocycles. The van der Waals surface area contributed by atoms with Crippen molar-refractivity contribution in [2.75, 3.05) is 6.54 Å². The number of carbonyl (C=O) groups is 1.